The second-order valence-electron chi connectivity index (χ2n) is 8.11. The number of carbonyl (C=O) groups is 2. The lowest BCUT2D eigenvalue weighted by atomic mass is 10.1. The summed E-state index contributed by atoms with van der Waals surface area (Å²) >= 11 is 0. The van der Waals surface area contributed by atoms with Gasteiger partial charge >= 0.3 is 5.69 Å². The topological polar surface area (TPSA) is 104 Å². The maximum atomic E-state index is 13.0. The minimum absolute atomic E-state index is 0.0842. The highest BCUT2D eigenvalue weighted by Crippen LogP contribution is 2.29. The minimum Gasteiger partial charge on any atom is -0.322 e. The first kappa shape index (κ1) is 21.4. The molecule has 0 aliphatic carbocycles. The van der Waals surface area contributed by atoms with Crippen LogP contribution in [0.2, 0.25) is 0 Å². The lowest BCUT2D eigenvalue weighted by Gasteiger charge is -2.17. The van der Waals surface area contributed by atoms with Crippen molar-refractivity contribution in [2.75, 3.05) is 16.8 Å². The molecule has 0 spiro atoms. The number of carbonyl (C=O) groups excluding carboxylic acids is 2. The van der Waals surface area contributed by atoms with E-state index in [2.05, 4.69) is 10.3 Å². The number of nitrogens with zero attached hydrogens (tertiary/aromatic N) is 2. The van der Waals surface area contributed by atoms with Gasteiger partial charge in [0.1, 0.15) is 0 Å². The van der Waals surface area contributed by atoms with E-state index in [1.165, 1.54) is 12.1 Å². The molecule has 170 valence electrons. The van der Waals surface area contributed by atoms with Crippen LogP contribution in [-0.4, -0.2) is 27.9 Å². The normalized spacial score (nSPS) is 12.6. The monoisotopic (exact) mass is 454 g/mol. The summed E-state index contributed by atoms with van der Waals surface area (Å²) < 4.78 is 1.10. The smallest absolute Gasteiger partial charge is 0.322 e. The number of para-hydroxylation sites is 1. The SMILES string of the molecule is CCn1c(=O)[nH]c2cc(C(=O)Nc3ccc(C(=O)N4CCc5ccccc54)cc3)ccc2c1=O. The maximum absolute atomic E-state index is 13.0. The van der Waals surface area contributed by atoms with Crippen LogP contribution in [0.1, 0.15) is 33.2 Å². The Kier molecular flexibility index (Phi) is 5.33. The fourth-order valence-electron chi connectivity index (χ4n) is 4.29. The Labute approximate surface area is 194 Å². The molecule has 2 amide bonds. The second kappa shape index (κ2) is 8.47. The summed E-state index contributed by atoms with van der Waals surface area (Å²) in [5, 5.41) is 3.12. The van der Waals surface area contributed by atoms with E-state index in [4.69, 9.17) is 0 Å². The van der Waals surface area contributed by atoms with Crippen molar-refractivity contribution in [1.29, 1.82) is 0 Å². The van der Waals surface area contributed by atoms with Gasteiger partial charge < -0.3 is 15.2 Å². The van der Waals surface area contributed by atoms with Crippen molar-refractivity contribution < 1.29 is 9.59 Å². The van der Waals surface area contributed by atoms with E-state index in [0.717, 1.165) is 22.2 Å². The second-order valence-corrected chi connectivity index (χ2v) is 8.11. The fraction of sp³-hybridized carbons (Fsp3) is 0.154. The molecule has 0 atom stereocenters. The number of rotatable bonds is 4. The molecule has 3 aromatic carbocycles. The largest absolute Gasteiger partial charge is 0.328 e. The highest BCUT2D eigenvalue weighted by atomic mass is 16.2. The van der Waals surface area contributed by atoms with Crippen molar-refractivity contribution in [3.05, 3.63) is 104 Å². The molecule has 1 aromatic heterocycles. The number of aromatic nitrogens is 2. The molecular weight excluding hydrogens is 432 g/mol. The van der Waals surface area contributed by atoms with E-state index in [-0.39, 0.29) is 12.5 Å². The molecule has 5 rings (SSSR count). The molecule has 0 saturated heterocycles. The zero-order chi connectivity index (χ0) is 23.8. The third kappa shape index (κ3) is 3.69. The minimum atomic E-state index is -0.515. The third-order valence-corrected chi connectivity index (χ3v) is 6.08. The van der Waals surface area contributed by atoms with Gasteiger partial charge in [0.15, 0.2) is 0 Å². The Bertz CT molecular complexity index is 1550. The van der Waals surface area contributed by atoms with Crippen LogP contribution in [0.4, 0.5) is 11.4 Å². The number of anilines is 2. The summed E-state index contributed by atoms with van der Waals surface area (Å²) in [6.45, 7) is 2.62. The van der Waals surface area contributed by atoms with Gasteiger partial charge in [0, 0.05) is 35.6 Å². The average molecular weight is 454 g/mol. The Balaban J connectivity index is 1.34. The van der Waals surface area contributed by atoms with Gasteiger partial charge in [-0.3, -0.25) is 19.0 Å². The van der Waals surface area contributed by atoms with Gasteiger partial charge in [0.05, 0.1) is 10.9 Å². The van der Waals surface area contributed by atoms with Crippen LogP contribution < -0.4 is 21.5 Å². The number of hydrogen-bond acceptors (Lipinski definition) is 4. The molecule has 0 unspecified atom stereocenters. The number of nitrogens with one attached hydrogen (secondary N) is 2. The van der Waals surface area contributed by atoms with Crippen molar-refractivity contribution in [2.45, 2.75) is 19.9 Å². The van der Waals surface area contributed by atoms with E-state index in [1.807, 2.05) is 24.3 Å². The molecular formula is C26H22N4O4. The molecule has 1 aliphatic rings. The molecule has 0 saturated carbocycles. The highest BCUT2D eigenvalue weighted by Gasteiger charge is 2.25. The number of hydrogen-bond donors (Lipinski definition) is 2. The summed E-state index contributed by atoms with van der Waals surface area (Å²) in [4.78, 5) is 54.6. The average Bonchev–Trinajstić information content (AvgIpc) is 3.28. The fourth-order valence-corrected chi connectivity index (χ4v) is 4.29. The van der Waals surface area contributed by atoms with Crippen LogP contribution in [0.3, 0.4) is 0 Å². The molecule has 2 N–H and O–H groups in total. The predicted octanol–water partition coefficient (Wildman–Crippen LogP) is 3.16. The summed E-state index contributed by atoms with van der Waals surface area (Å²) in [5.41, 5.74) is 2.84. The van der Waals surface area contributed by atoms with Crippen molar-refractivity contribution in [3.63, 3.8) is 0 Å². The summed E-state index contributed by atoms with van der Waals surface area (Å²) in [5.74, 6) is -0.478. The van der Waals surface area contributed by atoms with Gasteiger partial charge in [-0.15, -0.1) is 0 Å². The zero-order valence-electron chi connectivity index (χ0n) is 18.5. The van der Waals surface area contributed by atoms with Gasteiger partial charge in [-0.2, -0.15) is 0 Å². The van der Waals surface area contributed by atoms with Crippen LogP contribution in [0.5, 0.6) is 0 Å². The van der Waals surface area contributed by atoms with Crippen LogP contribution in [-0.2, 0) is 13.0 Å². The molecule has 0 bridgehead atoms. The van der Waals surface area contributed by atoms with Crippen LogP contribution in [0.25, 0.3) is 10.9 Å². The quantitative estimate of drug-likeness (QED) is 0.494. The maximum Gasteiger partial charge on any atom is 0.328 e. The molecule has 0 radical (unpaired) electrons. The van der Waals surface area contributed by atoms with Crippen molar-refractivity contribution in [1.82, 2.24) is 9.55 Å². The van der Waals surface area contributed by atoms with Gasteiger partial charge in [0.25, 0.3) is 17.4 Å². The Morgan fingerprint density at radius 3 is 2.47 bits per heavy atom. The lowest BCUT2D eigenvalue weighted by Crippen LogP contribution is -2.34. The molecule has 2 heterocycles. The lowest BCUT2D eigenvalue weighted by molar-refractivity contribution is 0.0988. The van der Waals surface area contributed by atoms with E-state index >= 15 is 0 Å². The van der Waals surface area contributed by atoms with E-state index in [9.17, 15) is 19.2 Å². The first-order valence-corrected chi connectivity index (χ1v) is 11.0. The molecule has 34 heavy (non-hydrogen) atoms. The van der Waals surface area contributed by atoms with Crippen LogP contribution in [0.15, 0.2) is 76.3 Å². The van der Waals surface area contributed by atoms with Gasteiger partial charge in [-0.1, -0.05) is 18.2 Å². The van der Waals surface area contributed by atoms with Gasteiger partial charge in [-0.25, -0.2) is 4.79 Å². The predicted molar refractivity (Wildman–Crippen MR) is 131 cm³/mol. The first-order valence-electron chi connectivity index (χ1n) is 11.0. The summed E-state index contributed by atoms with van der Waals surface area (Å²) in [7, 11) is 0. The number of fused-ring (bicyclic) bond motifs is 2. The number of amides is 2. The number of benzene rings is 3. The van der Waals surface area contributed by atoms with Crippen molar-refractivity contribution >= 4 is 34.1 Å². The van der Waals surface area contributed by atoms with E-state index in [1.54, 1.807) is 42.2 Å². The van der Waals surface area contributed by atoms with Gasteiger partial charge in [-0.05, 0) is 67.4 Å². The highest BCUT2D eigenvalue weighted by molar-refractivity contribution is 6.08. The molecule has 1 aliphatic heterocycles. The molecule has 8 nitrogen and oxygen atoms in total. The van der Waals surface area contributed by atoms with E-state index in [0.29, 0.717) is 34.3 Å². The van der Waals surface area contributed by atoms with Crippen molar-refractivity contribution in [2.24, 2.45) is 0 Å². The summed E-state index contributed by atoms with van der Waals surface area (Å²) in [6.07, 6.45) is 0.833. The van der Waals surface area contributed by atoms with Gasteiger partial charge in [0.2, 0.25) is 0 Å². The Morgan fingerprint density at radius 2 is 1.71 bits per heavy atom. The number of aromatic amines is 1. The standard InChI is InChI=1S/C26H22N4O4/c1-2-29-25(33)20-12-9-18(15-21(20)28-26(29)34)23(31)27-19-10-7-17(8-11-19)24(32)30-14-13-16-5-3-4-6-22(16)30/h3-12,15H,2,13-14H2,1H3,(H,27,31)(H,28,34). The molecule has 0 fully saturated rings. The van der Waals surface area contributed by atoms with Crippen molar-refractivity contribution in [3.8, 4) is 0 Å². The Hall–Kier alpha value is -4.46. The molecule has 8 heteroatoms. The first-order chi connectivity index (χ1) is 16.5. The summed E-state index contributed by atoms with van der Waals surface area (Å²) in [6, 6.07) is 19.1. The molecule has 4 aromatic rings. The zero-order valence-corrected chi connectivity index (χ0v) is 18.5. The third-order valence-electron chi connectivity index (χ3n) is 6.08. The van der Waals surface area contributed by atoms with Crippen LogP contribution in [0, 0.1) is 0 Å². The van der Waals surface area contributed by atoms with Crippen LogP contribution >= 0.6 is 0 Å². The van der Waals surface area contributed by atoms with E-state index < -0.39 is 17.2 Å². The number of H-pyrrole nitrogens is 1. The Morgan fingerprint density at radius 1 is 0.971 bits per heavy atom.